The third-order valence-electron chi connectivity index (χ3n) is 4.37. The molecule has 0 radical (unpaired) electrons. The Hall–Kier alpha value is -1.78. The van der Waals surface area contributed by atoms with Crippen LogP contribution < -0.4 is 5.32 Å². The molecule has 3 nitrogen and oxygen atoms in total. The molecule has 22 heavy (non-hydrogen) atoms. The Balaban J connectivity index is 1.72. The Morgan fingerprint density at radius 3 is 2.86 bits per heavy atom. The summed E-state index contributed by atoms with van der Waals surface area (Å²) >= 11 is 0. The van der Waals surface area contributed by atoms with Crippen molar-refractivity contribution in [3.8, 4) is 0 Å². The Morgan fingerprint density at radius 2 is 2.14 bits per heavy atom. The third-order valence-corrected chi connectivity index (χ3v) is 4.37. The van der Waals surface area contributed by atoms with Gasteiger partial charge in [-0.1, -0.05) is 25.1 Å². The quantitative estimate of drug-likeness (QED) is 0.941. The van der Waals surface area contributed by atoms with E-state index < -0.39 is 0 Å². The summed E-state index contributed by atoms with van der Waals surface area (Å²) < 4.78 is 13.1. The second kappa shape index (κ2) is 6.99. The fourth-order valence-corrected chi connectivity index (χ4v) is 3.12. The van der Waals surface area contributed by atoms with E-state index in [1.807, 2.05) is 30.6 Å². The predicted molar refractivity (Wildman–Crippen MR) is 86.2 cm³/mol. The van der Waals surface area contributed by atoms with Gasteiger partial charge in [0.05, 0.1) is 0 Å². The van der Waals surface area contributed by atoms with Gasteiger partial charge in [-0.3, -0.25) is 9.88 Å². The average Bonchev–Trinajstić information content (AvgIpc) is 2.57. The Kier molecular flexibility index (Phi) is 4.80. The van der Waals surface area contributed by atoms with Crippen molar-refractivity contribution in [2.45, 2.75) is 18.9 Å². The van der Waals surface area contributed by atoms with Crippen molar-refractivity contribution in [1.29, 1.82) is 0 Å². The summed E-state index contributed by atoms with van der Waals surface area (Å²) in [6.07, 6.45) is 3.76. The van der Waals surface area contributed by atoms with Crippen LogP contribution in [0.5, 0.6) is 0 Å². The summed E-state index contributed by atoms with van der Waals surface area (Å²) in [6.45, 7) is 6.14. The molecule has 1 aliphatic heterocycles. The fraction of sp³-hybridized carbons (Fsp3) is 0.389. The van der Waals surface area contributed by atoms with E-state index >= 15 is 0 Å². The maximum Gasteiger partial charge on any atom is 0.123 e. The topological polar surface area (TPSA) is 28.2 Å². The zero-order chi connectivity index (χ0) is 15.4. The van der Waals surface area contributed by atoms with Crippen LogP contribution in [0.4, 0.5) is 4.39 Å². The molecule has 116 valence electrons. The largest absolute Gasteiger partial charge is 0.314 e. The van der Waals surface area contributed by atoms with Gasteiger partial charge in [-0.15, -0.1) is 0 Å². The van der Waals surface area contributed by atoms with Crippen LogP contribution in [0.2, 0.25) is 0 Å². The number of rotatable bonds is 4. The Bertz CT molecular complexity index is 585. The van der Waals surface area contributed by atoms with Crippen molar-refractivity contribution in [2.24, 2.45) is 0 Å². The SMILES string of the molecule is CC(CN1CCNCC1c1cccnc1)c1ccc(F)cc1. The molecule has 2 aromatic rings. The first-order valence-electron chi connectivity index (χ1n) is 7.84. The molecule has 0 aliphatic carbocycles. The lowest BCUT2D eigenvalue weighted by atomic mass is 9.98. The number of benzene rings is 1. The summed E-state index contributed by atoms with van der Waals surface area (Å²) in [6, 6.07) is 11.4. The van der Waals surface area contributed by atoms with Crippen LogP contribution in [0.25, 0.3) is 0 Å². The minimum absolute atomic E-state index is 0.175. The molecule has 2 atom stereocenters. The van der Waals surface area contributed by atoms with E-state index in [0.29, 0.717) is 12.0 Å². The van der Waals surface area contributed by atoms with Crippen LogP contribution in [0.1, 0.15) is 30.0 Å². The molecule has 0 amide bonds. The normalized spacial score (nSPS) is 20.7. The Labute approximate surface area is 131 Å². The molecule has 2 unspecified atom stereocenters. The lowest BCUT2D eigenvalue weighted by Gasteiger charge is -2.38. The van der Waals surface area contributed by atoms with Gasteiger partial charge < -0.3 is 5.32 Å². The predicted octanol–water partition coefficient (Wildman–Crippen LogP) is 2.97. The van der Waals surface area contributed by atoms with Crippen molar-refractivity contribution in [3.05, 3.63) is 65.7 Å². The second-order valence-electron chi connectivity index (χ2n) is 5.95. The van der Waals surface area contributed by atoms with Gasteiger partial charge >= 0.3 is 0 Å². The lowest BCUT2D eigenvalue weighted by molar-refractivity contribution is 0.154. The van der Waals surface area contributed by atoms with Gasteiger partial charge in [0.25, 0.3) is 0 Å². The van der Waals surface area contributed by atoms with E-state index in [-0.39, 0.29) is 5.82 Å². The van der Waals surface area contributed by atoms with Crippen molar-refractivity contribution >= 4 is 0 Å². The van der Waals surface area contributed by atoms with Gasteiger partial charge in [0.15, 0.2) is 0 Å². The number of hydrogen-bond donors (Lipinski definition) is 1. The average molecular weight is 299 g/mol. The van der Waals surface area contributed by atoms with Gasteiger partial charge in [-0.05, 0) is 35.2 Å². The molecule has 1 fully saturated rings. The fourth-order valence-electron chi connectivity index (χ4n) is 3.12. The third kappa shape index (κ3) is 3.51. The number of aromatic nitrogens is 1. The maximum absolute atomic E-state index is 13.1. The summed E-state index contributed by atoms with van der Waals surface area (Å²) in [7, 11) is 0. The first kappa shape index (κ1) is 15.1. The van der Waals surface area contributed by atoms with E-state index in [1.54, 1.807) is 12.1 Å². The molecule has 0 bridgehead atoms. The molecular weight excluding hydrogens is 277 g/mol. The van der Waals surface area contributed by atoms with Crippen molar-refractivity contribution < 1.29 is 4.39 Å². The van der Waals surface area contributed by atoms with Crippen molar-refractivity contribution in [2.75, 3.05) is 26.2 Å². The molecule has 1 N–H and O–H groups in total. The zero-order valence-electron chi connectivity index (χ0n) is 12.9. The minimum atomic E-state index is -0.175. The first-order valence-corrected chi connectivity index (χ1v) is 7.84. The minimum Gasteiger partial charge on any atom is -0.314 e. The van der Waals surface area contributed by atoms with Gasteiger partial charge in [0.2, 0.25) is 0 Å². The Morgan fingerprint density at radius 1 is 1.32 bits per heavy atom. The molecule has 1 saturated heterocycles. The lowest BCUT2D eigenvalue weighted by Crippen LogP contribution is -2.47. The summed E-state index contributed by atoms with van der Waals surface area (Å²) in [4.78, 5) is 6.75. The monoisotopic (exact) mass is 299 g/mol. The van der Waals surface area contributed by atoms with Crippen LogP contribution in [0.3, 0.4) is 0 Å². The highest BCUT2D eigenvalue weighted by atomic mass is 19.1. The summed E-state index contributed by atoms with van der Waals surface area (Å²) in [5.74, 6) is 0.198. The molecular formula is C18H22FN3. The molecule has 1 aromatic carbocycles. The highest BCUT2D eigenvalue weighted by Gasteiger charge is 2.25. The van der Waals surface area contributed by atoms with E-state index in [0.717, 1.165) is 26.2 Å². The molecule has 0 saturated carbocycles. The molecule has 1 aromatic heterocycles. The molecule has 4 heteroatoms. The number of piperazine rings is 1. The number of hydrogen-bond acceptors (Lipinski definition) is 3. The van der Waals surface area contributed by atoms with Gasteiger partial charge in [-0.2, -0.15) is 0 Å². The highest BCUT2D eigenvalue weighted by Crippen LogP contribution is 2.25. The number of halogens is 1. The van der Waals surface area contributed by atoms with Crippen LogP contribution in [0, 0.1) is 5.82 Å². The smallest absolute Gasteiger partial charge is 0.123 e. The number of pyridine rings is 1. The number of nitrogens with one attached hydrogen (secondary N) is 1. The van der Waals surface area contributed by atoms with E-state index in [1.165, 1.54) is 11.1 Å². The molecule has 1 aliphatic rings. The van der Waals surface area contributed by atoms with Crippen molar-refractivity contribution in [3.63, 3.8) is 0 Å². The highest BCUT2D eigenvalue weighted by molar-refractivity contribution is 5.21. The van der Waals surface area contributed by atoms with Gasteiger partial charge in [0, 0.05) is 44.6 Å². The van der Waals surface area contributed by atoms with E-state index in [9.17, 15) is 4.39 Å². The maximum atomic E-state index is 13.1. The van der Waals surface area contributed by atoms with Crippen LogP contribution in [-0.4, -0.2) is 36.1 Å². The van der Waals surface area contributed by atoms with Crippen LogP contribution in [-0.2, 0) is 0 Å². The second-order valence-corrected chi connectivity index (χ2v) is 5.95. The van der Waals surface area contributed by atoms with Crippen LogP contribution in [0.15, 0.2) is 48.8 Å². The molecule has 0 spiro atoms. The zero-order valence-corrected chi connectivity index (χ0v) is 12.9. The summed E-state index contributed by atoms with van der Waals surface area (Å²) in [5, 5.41) is 3.46. The van der Waals surface area contributed by atoms with Crippen LogP contribution >= 0.6 is 0 Å². The van der Waals surface area contributed by atoms with E-state index in [4.69, 9.17) is 0 Å². The van der Waals surface area contributed by atoms with Crippen molar-refractivity contribution in [1.82, 2.24) is 15.2 Å². The summed E-state index contributed by atoms with van der Waals surface area (Å²) in [5.41, 5.74) is 2.44. The van der Waals surface area contributed by atoms with E-state index in [2.05, 4.69) is 28.2 Å². The molecule has 2 heterocycles. The first-order chi connectivity index (χ1) is 10.7. The standard InChI is InChI=1S/C18H22FN3/c1-14(15-4-6-17(19)7-5-15)13-22-10-9-21-12-18(22)16-3-2-8-20-11-16/h2-8,11,14,18,21H,9-10,12-13H2,1H3. The van der Waals surface area contributed by atoms with Gasteiger partial charge in [-0.25, -0.2) is 4.39 Å². The molecule has 3 rings (SSSR count). The number of nitrogens with zero attached hydrogens (tertiary/aromatic N) is 2. The van der Waals surface area contributed by atoms with Gasteiger partial charge in [0.1, 0.15) is 5.82 Å².